The molecule has 0 fully saturated rings. The number of benzene rings is 2. The minimum atomic E-state index is -4.67. The first kappa shape index (κ1) is 23.0. The lowest BCUT2D eigenvalue weighted by Crippen LogP contribution is -2.19. The molecule has 12 heteroatoms. The van der Waals surface area contributed by atoms with Gasteiger partial charge in [-0.3, -0.25) is 4.57 Å². The predicted octanol–water partition coefficient (Wildman–Crippen LogP) is 5.71. The molecule has 5 rings (SSSR count). The third-order valence-electron chi connectivity index (χ3n) is 5.24. The topological polar surface area (TPSA) is 86.9 Å². The SMILES string of the molecule is O=C(Nc1cc(C(F)(F)F)ccc1F)n1ccc2cc(Oc3cc(Cn4ccnc4)ncn3)ccc21. The number of hydrogen-bond donors (Lipinski definition) is 1. The minimum Gasteiger partial charge on any atom is -0.439 e. The van der Waals surface area contributed by atoms with Crippen molar-refractivity contribution in [2.24, 2.45) is 0 Å². The third-order valence-corrected chi connectivity index (χ3v) is 5.24. The van der Waals surface area contributed by atoms with E-state index in [1.165, 1.54) is 12.5 Å². The van der Waals surface area contributed by atoms with Crippen molar-refractivity contribution in [3.8, 4) is 11.6 Å². The molecule has 0 aliphatic heterocycles. The minimum absolute atomic E-state index is 0.316. The number of aromatic nitrogens is 5. The van der Waals surface area contributed by atoms with Crippen molar-refractivity contribution in [3.63, 3.8) is 0 Å². The van der Waals surface area contributed by atoms with Crippen LogP contribution in [0, 0.1) is 5.82 Å². The Hall–Kier alpha value is -4.74. The van der Waals surface area contributed by atoms with Crippen LogP contribution in [0.15, 0.2) is 79.8 Å². The molecule has 1 N–H and O–H groups in total. The number of carbonyl (C=O) groups is 1. The molecule has 0 saturated heterocycles. The van der Waals surface area contributed by atoms with Crippen LogP contribution in [0.1, 0.15) is 11.3 Å². The van der Waals surface area contributed by atoms with E-state index in [0.717, 1.165) is 4.57 Å². The second-order valence-corrected chi connectivity index (χ2v) is 7.71. The largest absolute Gasteiger partial charge is 0.439 e. The molecule has 0 aliphatic carbocycles. The fourth-order valence-corrected chi connectivity index (χ4v) is 3.54. The van der Waals surface area contributed by atoms with Crippen molar-refractivity contribution in [2.45, 2.75) is 12.7 Å². The van der Waals surface area contributed by atoms with Crippen LogP contribution in [0.5, 0.6) is 11.6 Å². The number of halogens is 4. The number of amides is 1. The summed E-state index contributed by atoms with van der Waals surface area (Å²) in [6, 6.07) is 9.17. The zero-order valence-corrected chi connectivity index (χ0v) is 18.3. The maximum absolute atomic E-state index is 14.0. The van der Waals surface area contributed by atoms with Gasteiger partial charge < -0.3 is 14.6 Å². The van der Waals surface area contributed by atoms with E-state index >= 15 is 0 Å². The lowest BCUT2D eigenvalue weighted by Gasteiger charge is -2.12. The Morgan fingerprint density at radius 3 is 2.67 bits per heavy atom. The Kier molecular flexibility index (Phi) is 5.84. The van der Waals surface area contributed by atoms with Gasteiger partial charge in [-0.1, -0.05) is 0 Å². The summed E-state index contributed by atoms with van der Waals surface area (Å²) in [6.07, 6.45) is 3.26. The molecule has 3 aromatic heterocycles. The summed E-state index contributed by atoms with van der Waals surface area (Å²) in [7, 11) is 0. The van der Waals surface area contributed by atoms with E-state index in [1.54, 1.807) is 49.1 Å². The maximum Gasteiger partial charge on any atom is 0.416 e. The molecule has 0 bridgehead atoms. The zero-order chi connectivity index (χ0) is 25.3. The molecule has 1 amide bonds. The molecule has 0 atom stereocenters. The fourth-order valence-electron chi connectivity index (χ4n) is 3.54. The second-order valence-electron chi connectivity index (χ2n) is 7.71. The van der Waals surface area contributed by atoms with Gasteiger partial charge in [0.25, 0.3) is 0 Å². The standard InChI is InChI=1S/C24H16F4N6O2/c25-19-3-1-16(24(26,27)28)10-20(19)32-23(35)34-7-5-15-9-18(2-4-21(15)34)36-22-11-17(30-13-31-22)12-33-8-6-29-14-33/h1-11,13-14H,12H2,(H,32,35). The zero-order valence-electron chi connectivity index (χ0n) is 18.3. The van der Waals surface area contributed by atoms with E-state index in [0.29, 0.717) is 53.0 Å². The van der Waals surface area contributed by atoms with Gasteiger partial charge in [0.1, 0.15) is 17.9 Å². The number of anilines is 1. The number of fused-ring (bicyclic) bond motifs is 1. The van der Waals surface area contributed by atoms with Gasteiger partial charge in [0, 0.05) is 30.0 Å². The Bertz CT molecular complexity index is 1550. The predicted molar refractivity (Wildman–Crippen MR) is 121 cm³/mol. The number of alkyl halides is 3. The highest BCUT2D eigenvalue weighted by molar-refractivity contribution is 5.98. The van der Waals surface area contributed by atoms with Gasteiger partial charge >= 0.3 is 12.2 Å². The Balaban J connectivity index is 1.34. The lowest BCUT2D eigenvalue weighted by molar-refractivity contribution is -0.137. The molecule has 2 aromatic carbocycles. The van der Waals surface area contributed by atoms with Gasteiger partial charge in [-0.15, -0.1) is 0 Å². The van der Waals surface area contributed by atoms with E-state index in [1.807, 2.05) is 4.57 Å². The molecule has 8 nitrogen and oxygen atoms in total. The summed E-state index contributed by atoms with van der Waals surface area (Å²) in [5.74, 6) is -0.228. The van der Waals surface area contributed by atoms with Crippen molar-refractivity contribution >= 4 is 22.6 Å². The number of hydrogen-bond acceptors (Lipinski definition) is 5. The number of carbonyl (C=O) groups excluding carboxylic acids is 1. The van der Waals surface area contributed by atoms with Gasteiger partial charge in [-0.25, -0.2) is 24.1 Å². The van der Waals surface area contributed by atoms with E-state index in [2.05, 4.69) is 20.3 Å². The first-order valence-corrected chi connectivity index (χ1v) is 10.5. The summed E-state index contributed by atoms with van der Waals surface area (Å²) in [4.78, 5) is 25.0. The van der Waals surface area contributed by atoms with Crippen LogP contribution >= 0.6 is 0 Å². The highest BCUT2D eigenvalue weighted by Gasteiger charge is 2.31. The molecule has 36 heavy (non-hydrogen) atoms. The number of rotatable bonds is 5. The van der Waals surface area contributed by atoms with Gasteiger partial charge in [-0.05, 0) is 42.5 Å². The molecule has 182 valence electrons. The van der Waals surface area contributed by atoms with Crippen LogP contribution in [-0.2, 0) is 12.7 Å². The second kappa shape index (κ2) is 9.13. The Morgan fingerprint density at radius 1 is 1.03 bits per heavy atom. The fraction of sp³-hybridized carbons (Fsp3) is 0.0833. The summed E-state index contributed by atoms with van der Waals surface area (Å²) in [5.41, 5.74) is -0.498. The molecular formula is C24H16F4N6O2. The summed E-state index contributed by atoms with van der Waals surface area (Å²) >= 11 is 0. The first-order valence-electron chi connectivity index (χ1n) is 10.5. The van der Waals surface area contributed by atoms with Crippen molar-refractivity contribution in [1.29, 1.82) is 0 Å². The van der Waals surface area contributed by atoms with E-state index in [-0.39, 0.29) is 0 Å². The van der Waals surface area contributed by atoms with E-state index in [9.17, 15) is 22.4 Å². The van der Waals surface area contributed by atoms with E-state index in [4.69, 9.17) is 4.74 Å². The van der Waals surface area contributed by atoms with Crippen molar-refractivity contribution < 1.29 is 27.1 Å². The van der Waals surface area contributed by atoms with Gasteiger partial charge in [0.2, 0.25) is 5.88 Å². The van der Waals surface area contributed by atoms with Crippen LogP contribution in [0.3, 0.4) is 0 Å². The van der Waals surface area contributed by atoms with Crippen molar-refractivity contribution in [1.82, 2.24) is 24.1 Å². The molecule has 0 spiro atoms. The smallest absolute Gasteiger partial charge is 0.416 e. The molecule has 0 radical (unpaired) electrons. The van der Waals surface area contributed by atoms with Gasteiger partial charge in [0.15, 0.2) is 0 Å². The molecule has 0 saturated carbocycles. The quantitative estimate of drug-likeness (QED) is 0.315. The van der Waals surface area contributed by atoms with Gasteiger partial charge in [0.05, 0.1) is 35.3 Å². The maximum atomic E-state index is 14.0. The average molecular weight is 496 g/mol. The van der Waals surface area contributed by atoms with Crippen molar-refractivity contribution in [3.05, 3.63) is 96.9 Å². The van der Waals surface area contributed by atoms with Crippen LogP contribution in [0.4, 0.5) is 28.0 Å². The highest BCUT2D eigenvalue weighted by atomic mass is 19.4. The number of nitrogens with zero attached hydrogens (tertiary/aromatic N) is 5. The average Bonchev–Trinajstić information content (AvgIpc) is 3.49. The molecule has 0 aliphatic rings. The number of imidazole rings is 1. The first-order chi connectivity index (χ1) is 17.3. The summed E-state index contributed by atoms with van der Waals surface area (Å²) in [6.45, 7) is 0.488. The van der Waals surface area contributed by atoms with Crippen LogP contribution in [-0.4, -0.2) is 30.1 Å². The lowest BCUT2D eigenvalue weighted by atomic mass is 10.2. The molecule has 5 aromatic rings. The van der Waals surface area contributed by atoms with Crippen molar-refractivity contribution in [2.75, 3.05) is 5.32 Å². The Labute approximate surface area is 200 Å². The molecule has 3 heterocycles. The number of nitrogens with one attached hydrogen (secondary N) is 1. The summed E-state index contributed by atoms with van der Waals surface area (Å²) in [5, 5.41) is 2.80. The van der Waals surface area contributed by atoms with Crippen LogP contribution < -0.4 is 10.1 Å². The monoisotopic (exact) mass is 496 g/mol. The normalized spacial score (nSPS) is 11.6. The number of ether oxygens (including phenoxy) is 1. The Morgan fingerprint density at radius 2 is 1.89 bits per heavy atom. The van der Waals surface area contributed by atoms with Crippen LogP contribution in [0.2, 0.25) is 0 Å². The third kappa shape index (κ3) is 4.87. The summed E-state index contributed by atoms with van der Waals surface area (Å²) < 4.78 is 61.7. The van der Waals surface area contributed by atoms with Gasteiger partial charge in [-0.2, -0.15) is 13.2 Å². The van der Waals surface area contributed by atoms with Crippen LogP contribution in [0.25, 0.3) is 10.9 Å². The highest BCUT2D eigenvalue weighted by Crippen LogP contribution is 2.32. The molecule has 0 unspecified atom stereocenters. The molecular weight excluding hydrogens is 480 g/mol. The van der Waals surface area contributed by atoms with E-state index < -0.39 is 29.3 Å².